The molecule has 2 aromatic heterocycles. The molecule has 34 heavy (non-hydrogen) atoms. The highest BCUT2D eigenvalue weighted by Crippen LogP contribution is 2.32. The number of aromatic amines is 1. The van der Waals surface area contributed by atoms with Gasteiger partial charge in [0.25, 0.3) is 0 Å². The van der Waals surface area contributed by atoms with Crippen molar-refractivity contribution in [2.75, 3.05) is 5.32 Å². The lowest BCUT2D eigenvalue weighted by Crippen LogP contribution is -2.14. The number of para-hydroxylation sites is 1. The van der Waals surface area contributed by atoms with E-state index >= 15 is 0 Å². The number of rotatable bonds is 5. The molecule has 0 aliphatic carbocycles. The molecule has 0 unspecified atom stereocenters. The second-order valence-corrected chi connectivity index (χ2v) is 7.71. The number of H-pyrrole nitrogens is 1. The molecule has 5 aromatic rings. The molecular formula is C24H18F3N7. The van der Waals surface area contributed by atoms with Crippen LogP contribution in [0.1, 0.15) is 17.0 Å². The molecule has 2 heterocycles. The summed E-state index contributed by atoms with van der Waals surface area (Å²) in [6.07, 6.45) is -4.64. The number of alkyl halides is 3. The van der Waals surface area contributed by atoms with Crippen molar-refractivity contribution < 1.29 is 13.2 Å². The van der Waals surface area contributed by atoms with Crippen LogP contribution in [0.15, 0.2) is 66.7 Å². The van der Waals surface area contributed by atoms with Crippen molar-refractivity contribution in [1.82, 2.24) is 30.6 Å². The van der Waals surface area contributed by atoms with Gasteiger partial charge in [-0.2, -0.15) is 13.2 Å². The standard InChI is InChI=1S/C24H18F3N7/c1-14-5-4-8-19-20(14)29-23(24(25,26)27)30-21(19)28-13-15-9-11-16(12-10-15)17-6-2-3-7-18(17)22-31-33-34-32-22/h2-12H,13H2,1H3,(H,28,29,30)(H,31,32,33,34). The third kappa shape index (κ3) is 4.17. The summed E-state index contributed by atoms with van der Waals surface area (Å²) in [7, 11) is 0. The Hall–Kier alpha value is -4.34. The van der Waals surface area contributed by atoms with E-state index in [-0.39, 0.29) is 11.3 Å². The topological polar surface area (TPSA) is 92.3 Å². The molecule has 0 aliphatic rings. The first-order valence-corrected chi connectivity index (χ1v) is 10.4. The van der Waals surface area contributed by atoms with Gasteiger partial charge in [-0.05, 0) is 45.7 Å². The molecule has 0 atom stereocenters. The van der Waals surface area contributed by atoms with Crippen molar-refractivity contribution in [3.8, 4) is 22.5 Å². The smallest absolute Gasteiger partial charge is 0.365 e. The van der Waals surface area contributed by atoms with Gasteiger partial charge in [0.2, 0.25) is 5.82 Å². The molecule has 3 aromatic carbocycles. The molecule has 0 spiro atoms. The third-order valence-corrected chi connectivity index (χ3v) is 5.43. The van der Waals surface area contributed by atoms with Gasteiger partial charge >= 0.3 is 6.18 Å². The second kappa shape index (κ2) is 8.54. The number of aryl methyl sites for hydroxylation is 1. The second-order valence-electron chi connectivity index (χ2n) is 7.71. The van der Waals surface area contributed by atoms with E-state index in [1.54, 1.807) is 25.1 Å². The van der Waals surface area contributed by atoms with Crippen molar-refractivity contribution in [2.45, 2.75) is 19.6 Å². The van der Waals surface area contributed by atoms with Crippen molar-refractivity contribution >= 4 is 16.7 Å². The Morgan fingerprint density at radius 2 is 1.65 bits per heavy atom. The van der Waals surface area contributed by atoms with Crippen LogP contribution in [0.25, 0.3) is 33.4 Å². The molecule has 0 fully saturated rings. The Morgan fingerprint density at radius 3 is 2.35 bits per heavy atom. The van der Waals surface area contributed by atoms with Crippen molar-refractivity contribution in [3.05, 3.63) is 83.7 Å². The SMILES string of the molecule is Cc1cccc2c(NCc3ccc(-c4ccccc4-c4nnn[nH]4)cc3)nc(C(F)(F)F)nc12. The normalized spacial score (nSPS) is 11.6. The van der Waals surface area contributed by atoms with E-state index < -0.39 is 12.0 Å². The largest absolute Gasteiger partial charge is 0.451 e. The lowest BCUT2D eigenvalue weighted by Gasteiger charge is -2.14. The van der Waals surface area contributed by atoms with Gasteiger partial charge in [0, 0.05) is 17.5 Å². The van der Waals surface area contributed by atoms with E-state index in [1.807, 2.05) is 48.5 Å². The number of tetrazole rings is 1. The fourth-order valence-corrected chi connectivity index (χ4v) is 3.76. The molecule has 0 radical (unpaired) electrons. The number of nitrogens with zero attached hydrogens (tertiary/aromatic N) is 5. The van der Waals surface area contributed by atoms with Gasteiger partial charge in [-0.1, -0.05) is 60.7 Å². The Labute approximate surface area is 192 Å². The number of aromatic nitrogens is 6. The van der Waals surface area contributed by atoms with Gasteiger partial charge in [-0.15, -0.1) is 5.10 Å². The van der Waals surface area contributed by atoms with E-state index in [0.29, 0.717) is 23.3 Å². The van der Waals surface area contributed by atoms with Crippen molar-refractivity contribution in [1.29, 1.82) is 0 Å². The lowest BCUT2D eigenvalue weighted by molar-refractivity contribution is -0.144. The Kier molecular flexibility index (Phi) is 5.40. The summed E-state index contributed by atoms with van der Waals surface area (Å²) >= 11 is 0. The summed E-state index contributed by atoms with van der Waals surface area (Å²) in [5, 5.41) is 17.6. The zero-order valence-electron chi connectivity index (χ0n) is 17.9. The van der Waals surface area contributed by atoms with Gasteiger partial charge in [0.15, 0.2) is 5.82 Å². The van der Waals surface area contributed by atoms with Crippen LogP contribution in [-0.4, -0.2) is 30.6 Å². The minimum absolute atomic E-state index is 0.147. The Balaban J connectivity index is 1.42. The van der Waals surface area contributed by atoms with Gasteiger partial charge in [0.05, 0.1) is 5.52 Å². The number of hydrogen-bond acceptors (Lipinski definition) is 6. The number of hydrogen-bond donors (Lipinski definition) is 2. The fraction of sp³-hybridized carbons (Fsp3) is 0.125. The van der Waals surface area contributed by atoms with Crippen LogP contribution in [0.3, 0.4) is 0 Å². The average molecular weight is 461 g/mol. The molecule has 170 valence electrons. The molecular weight excluding hydrogens is 443 g/mol. The molecule has 0 aliphatic heterocycles. The molecule has 0 amide bonds. The molecule has 2 N–H and O–H groups in total. The average Bonchev–Trinajstić information content (AvgIpc) is 3.37. The van der Waals surface area contributed by atoms with Gasteiger partial charge < -0.3 is 5.32 Å². The van der Waals surface area contributed by atoms with Crippen molar-refractivity contribution in [2.24, 2.45) is 0 Å². The zero-order valence-corrected chi connectivity index (χ0v) is 17.9. The summed E-state index contributed by atoms with van der Waals surface area (Å²) in [5.74, 6) is -0.452. The number of halogens is 3. The third-order valence-electron chi connectivity index (χ3n) is 5.43. The van der Waals surface area contributed by atoms with Gasteiger partial charge in [-0.25, -0.2) is 15.1 Å². The quantitative estimate of drug-likeness (QED) is 0.363. The van der Waals surface area contributed by atoms with E-state index in [4.69, 9.17) is 0 Å². The minimum atomic E-state index is -4.64. The first-order valence-electron chi connectivity index (χ1n) is 10.4. The molecule has 0 bridgehead atoms. The Bertz CT molecular complexity index is 1450. The van der Waals surface area contributed by atoms with Gasteiger partial charge in [0.1, 0.15) is 5.82 Å². The molecule has 0 saturated carbocycles. The predicted molar refractivity (Wildman–Crippen MR) is 122 cm³/mol. The minimum Gasteiger partial charge on any atom is -0.365 e. The maximum atomic E-state index is 13.4. The first kappa shape index (κ1) is 21.5. The van der Waals surface area contributed by atoms with Crippen LogP contribution in [0, 0.1) is 6.92 Å². The van der Waals surface area contributed by atoms with E-state index in [2.05, 4.69) is 35.9 Å². The molecule has 0 saturated heterocycles. The molecule has 7 nitrogen and oxygen atoms in total. The monoisotopic (exact) mass is 461 g/mol. The zero-order chi connectivity index (χ0) is 23.7. The number of benzene rings is 3. The molecule has 5 rings (SSSR count). The van der Waals surface area contributed by atoms with Gasteiger partial charge in [-0.3, -0.25) is 0 Å². The van der Waals surface area contributed by atoms with Crippen LogP contribution in [-0.2, 0) is 12.7 Å². The summed E-state index contributed by atoms with van der Waals surface area (Å²) < 4.78 is 40.1. The maximum absolute atomic E-state index is 13.4. The number of fused-ring (bicyclic) bond motifs is 1. The summed E-state index contributed by atoms with van der Waals surface area (Å²) in [4.78, 5) is 7.51. The molecule has 10 heteroatoms. The van der Waals surface area contributed by atoms with Crippen LogP contribution in [0.5, 0.6) is 0 Å². The lowest BCUT2D eigenvalue weighted by atomic mass is 9.98. The number of nitrogens with one attached hydrogen (secondary N) is 2. The predicted octanol–water partition coefficient (Wildman–Crippen LogP) is 5.42. The van der Waals surface area contributed by atoms with E-state index in [0.717, 1.165) is 22.3 Å². The highest BCUT2D eigenvalue weighted by molar-refractivity contribution is 5.91. The van der Waals surface area contributed by atoms with Crippen LogP contribution < -0.4 is 5.32 Å². The summed E-state index contributed by atoms with van der Waals surface area (Å²) in [5.41, 5.74) is 4.59. The highest BCUT2D eigenvalue weighted by atomic mass is 19.4. The van der Waals surface area contributed by atoms with Crippen molar-refractivity contribution in [3.63, 3.8) is 0 Å². The van der Waals surface area contributed by atoms with Crippen LogP contribution >= 0.6 is 0 Å². The summed E-state index contributed by atoms with van der Waals surface area (Å²) in [6, 6.07) is 20.7. The van der Waals surface area contributed by atoms with E-state index in [1.165, 1.54) is 0 Å². The fourth-order valence-electron chi connectivity index (χ4n) is 3.76. The number of anilines is 1. The summed E-state index contributed by atoms with van der Waals surface area (Å²) in [6.45, 7) is 2.02. The van der Waals surface area contributed by atoms with E-state index in [9.17, 15) is 13.2 Å². The Morgan fingerprint density at radius 1 is 0.882 bits per heavy atom. The highest BCUT2D eigenvalue weighted by Gasteiger charge is 2.35. The maximum Gasteiger partial charge on any atom is 0.451 e. The first-order chi connectivity index (χ1) is 16.4. The van der Waals surface area contributed by atoms with Crippen LogP contribution in [0.2, 0.25) is 0 Å². The van der Waals surface area contributed by atoms with Crippen LogP contribution in [0.4, 0.5) is 19.0 Å².